The fraction of sp³-hybridized carbons (Fsp3) is 0.647. The van der Waals surface area contributed by atoms with Crippen molar-refractivity contribution in [3.63, 3.8) is 0 Å². The van der Waals surface area contributed by atoms with Gasteiger partial charge < -0.3 is 15.0 Å². The van der Waals surface area contributed by atoms with Crippen LogP contribution in [0.15, 0.2) is 24.3 Å². The van der Waals surface area contributed by atoms with Gasteiger partial charge in [0, 0.05) is 0 Å². The zero-order chi connectivity index (χ0) is 16.1. The predicted octanol–water partition coefficient (Wildman–Crippen LogP) is 3.62. The Kier molecular flexibility index (Phi) is 4.03. The summed E-state index contributed by atoms with van der Waals surface area (Å²) in [5, 5.41) is 0. The summed E-state index contributed by atoms with van der Waals surface area (Å²) in [5.74, 6) is -0.278. The van der Waals surface area contributed by atoms with Crippen LogP contribution < -0.4 is 5.73 Å². The van der Waals surface area contributed by atoms with Crippen LogP contribution in [0.25, 0.3) is 0 Å². The fourth-order valence-corrected chi connectivity index (χ4v) is 2.40. The molecular formula is C17H28BNO2. The molecule has 1 aliphatic heterocycles. The molecule has 4 heteroatoms. The minimum absolute atomic E-state index is 0.146. The van der Waals surface area contributed by atoms with Gasteiger partial charge in [-0.15, -0.1) is 0 Å². The molecule has 1 heterocycles. The van der Waals surface area contributed by atoms with E-state index in [4.69, 9.17) is 15.0 Å². The minimum Gasteiger partial charge on any atom is -0.402 e. The van der Waals surface area contributed by atoms with E-state index in [9.17, 15) is 0 Å². The van der Waals surface area contributed by atoms with E-state index in [1.165, 1.54) is 5.56 Å². The Balaban J connectivity index is 2.17. The topological polar surface area (TPSA) is 44.5 Å². The van der Waals surface area contributed by atoms with E-state index in [1.54, 1.807) is 0 Å². The van der Waals surface area contributed by atoms with Crippen LogP contribution in [0.3, 0.4) is 0 Å². The van der Waals surface area contributed by atoms with E-state index in [1.807, 2.05) is 27.7 Å². The molecule has 0 aromatic heterocycles. The Hall–Kier alpha value is -0.835. The highest BCUT2D eigenvalue weighted by Crippen LogP contribution is 2.39. The van der Waals surface area contributed by atoms with Crippen molar-refractivity contribution < 1.29 is 9.31 Å². The van der Waals surface area contributed by atoms with Gasteiger partial charge in [-0.1, -0.05) is 45.0 Å². The van der Waals surface area contributed by atoms with Crippen molar-refractivity contribution in [1.29, 1.82) is 0 Å². The van der Waals surface area contributed by atoms with Gasteiger partial charge >= 0.3 is 7.12 Å². The maximum atomic E-state index is 6.35. The van der Waals surface area contributed by atoms with E-state index >= 15 is 0 Å². The maximum absolute atomic E-state index is 6.35. The summed E-state index contributed by atoms with van der Waals surface area (Å²) < 4.78 is 12.1. The average molecular weight is 289 g/mol. The fourth-order valence-electron chi connectivity index (χ4n) is 2.40. The number of hydrogen-bond donors (Lipinski definition) is 1. The van der Waals surface area contributed by atoms with Gasteiger partial charge in [0.15, 0.2) is 0 Å². The highest BCUT2D eigenvalue weighted by atomic mass is 16.7. The van der Waals surface area contributed by atoms with E-state index in [0.717, 1.165) is 5.56 Å². The molecule has 0 amide bonds. The highest BCUT2D eigenvalue weighted by molar-refractivity contribution is 6.47. The molecule has 0 aliphatic carbocycles. The molecule has 0 bridgehead atoms. The third kappa shape index (κ3) is 3.18. The Bertz CT molecular complexity index is 487. The first-order valence-electron chi connectivity index (χ1n) is 7.66. The van der Waals surface area contributed by atoms with Gasteiger partial charge in [-0.3, -0.25) is 0 Å². The van der Waals surface area contributed by atoms with Gasteiger partial charge in [-0.25, -0.2) is 0 Å². The summed E-state index contributed by atoms with van der Waals surface area (Å²) in [6, 6.07) is 8.44. The normalized spacial score (nSPS) is 22.4. The quantitative estimate of drug-likeness (QED) is 0.846. The molecule has 0 saturated carbocycles. The Morgan fingerprint density at radius 2 is 1.38 bits per heavy atom. The molecule has 1 aliphatic rings. The van der Waals surface area contributed by atoms with E-state index < -0.39 is 7.12 Å². The Labute approximate surface area is 129 Å². The summed E-state index contributed by atoms with van der Waals surface area (Å²) in [5.41, 5.74) is 8.15. The van der Waals surface area contributed by atoms with Crippen LogP contribution in [0.4, 0.5) is 0 Å². The molecule has 1 aromatic carbocycles. The smallest absolute Gasteiger partial charge is 0.402 e. The van der Waals surface area contributed by atoms with Crippen molar-refractivity contribution in [2.45, 2.75) is 71.0 Å². The first-order chi connectivity index (χ1) is 9.44. The molecule has 3 nitrogen and oxygen atoms in total. The molecule has 0 radical (unpaired) electrons. The van der Waals surface area contributed by atoms with Crippen LogP contribution in [0, 0.1) is 0 Å². The van der Waals surface area contributed by atoms with Gasteiger partial charge in [0.2, 0.25) is 0 Å². The first kappa shape index (κ1) is 16.5. The van der Waals surface area contributed by atoms with Crippen molar-refractivity contribution in [3.05, 3.63) is 35.4 Å². The highest BCUT2D eigenvalue weighted by Gasteiger charge is 2.53. The lowest BCUT2D eigenvalue weighted by Gasteiger charge is -2.32. The van der Waals surface area contributed by atoms with Crippen LogP contribution in [0.2, 0.25) is 0 Å². The predicted molar refractivity (Wildman–Crippen MR) is 88.2 cm³/mol. The van der Waals surface area contributed by atoms with Gasteiger partial charge in [0.25, 0.3) is 0 Å². The monoisotopic (exact) mass is 289 g/mol. The van der Waals surface area contributed by atoms with Crippen molar-refractivity contribution in [2.75, 3.05) is 0 Å². The van der Waals surface area contributed by atoms with E-state index in [0.29, 0.717) is 0 Å². The molecule has 1 saturated heterocycles. The third-order valence-electron chi connectivity index (χ3n) is 4.73. The average Bonchev–Trinajstić information content (AvgIpc) is 2.57. The number of rotatable bonds is 2. The van der Waals surface area contributed by atoms with Gasteiger partial charge in [0.1, 0.15) is 0 Å². The molecule has 0 spiro atoms. The summed E-state index contributed by atoms with van der Waals surface area (Å²) >= 11 is 0. The van der Waals surface area contributed by atoms with E-state index in [-0.39, 0.29) is 22.6 Å². The number of benzene rings is 1. The molecule has 2 N–H and O–H groups in total. The molecule has 2 rings (SSSR count). The number of nitrogens with two attached hydrogens (primary N) is 1. The maximum Gasteiger partial charge on any atom is 0.480 e. The SMILES string of the molecule is CC(C)(C)c1ccc([C@@H](N)B2OC(C)(C)C(C)(C)O2)cc1. The Morgan fingerprint density at radius 1 is 0.952 bits per heavy atom. The standard InChI is InChI=1S/C17H28BNO2/c1-15(2,3)13-10-8-12(9-11-13)14(19)18-20-16(4,5)17(6,7)21-18/h8-11,14H,19H2,1-7H3/t14-/m1/s1. The van der Waals surface area contributed by atoms with Crippen molar-refractivity contribution in [3.8, 4) is 0 Å². The van der Waals surface area contributed by atoms with Gasteiger partial charge in [-0.2, -0.15) is 0 Å². The van der Waals surface area contributed by atoms with Crippen LogP contribution >= 0.6 is 0 Å². The lowest BCUT2D eigenvalue weighted by molar-refractivity contribution is 0.00578. The summed E-state index contributed by atoms with van der Waals surface area (Å²) in [4.78, 5) is 0. The molecule has 21 heavy (non-hydrogen) atoms. The molecule has 1 fully saturated rings. The molecule has 116 valence electrons. The van der Waals surface area contributed by atoms with Gasteiger partial charge in [0.05, 0.1) is 17.1 Å². The van der Waals surface area contributed by atoms with Crippen molar-refractivity contribution in [2.24, 2.45) is 5.73 Å². The van der Waals surface area contributed by atoms with Crippen LogP contribution in [0.5, 0.6) is 0 Å². The van der Waals surface area contributed by atoms with Crippen LogP contribution in [0.1, 0.15) is 65.5 Å². The molecule has 1 aromatic rings. The van der Waals surface area contributed by atoms with Crippen LogP contribution in [-0.4, -0.2) is 18.3 Å². The van der Waals surface area contributed by atoms with Gasteiger partial charge in [-0.05, 0) is 44.2 Å². The zero-order valence-corrected chi connectivity index (χ0v) is 14.4. The zero-order valence-electron chi connectivity index (χ0n) is 14.4. The second kappa shape index (κ2) is 5.11. The minimum atomic E-state index is -0.407. The third-order valence-corrected chi connectivity index (χ3v) is 4.73. The van der Waals surface area contributed by atoms with E-state index in [2.05, 4.69) is 45.0 Å². The molecular weight excluding hydrogens is 261 g/mol. The van der Waals surface area contributed by atoms with Crippen LogP contribution in [-0.2, 0) is 14.7 Å². The lowest BCUT2D eigenvalue weighted by Crippen LogP contribution is -2.41. The summed E-state index contributed by atoms with van der Waals surface area (Å²) in [7, 11) is -0.407. The molecule has 1 atom stereocenters. The van der Waals surface area contributed by atoms with Crippen molar-refractivity contribution in [1.82, 2.24) is 0 Å². The largest absolute Gasteiger partial charge is 0.480 e. The lowest BCUT2D eigenvalue weighted by atomic mass is 9.74. The second-order valence-electron chi connectivity index (χ2n) is 8.02. The summed E-state index contributed by atoms with van der Waals surface area (Å²) in [6.45, 7) is 14.8. The molecule has 0 unspecified atom stereocenters. The summed E-state index contributed by atoms with van der Waals surface area (Å²) in [6.07, 6.45) is 0. The first-order valence-corrected chi connectivity index (χ1v) is 7.66. The Morgan fingerprint density at radius 3 is 1.76 bits per heavy atom. The van der Waals surface area contributed by atoms with Crippen molar-refractivity contribution >= 4 is 7.12 Å². The second-order valence-corrected chi connectivity index (χ2v) is 8.02. The number of hydrogen-bond acceptors (Lipinski definition) is 3.